The second kappa shape index (κ2) is 6.01. The number of aryl methyl sites for hydroxylation is 1. The lowest BCUT2D eigenvalue weighted by Crippen LogP contribution is -2.02. The minimum atomic E-state index is -1.07. The Kier molecular flexibility index (Phi) is 4.96. The summed E-state index contributed by atoms with van der Waals surface area (Å²) in [6.07, 6.45) is 2.17. The zero-order valence-corrected chi connectivity index (χ0v) is 9.78. The van der Waals surface area contributed by atoms with Gasteiger partial charge in [-0.15, -0.1) is 0 Å². The van der Waals surface area contributed by atoms with E-state index < -0.39 is 11.6 Å². The Morgan fingerprint density at radius 1 is 1.31 bits per heavy atom. The fourth-order valence-electron chi connectivity index (χ4n) is 1.49. The molecule has 0 aliphatic carbocycles. The van der Waals surface area contributed by atoms with Gasteiger partial charge in [-0.2, -0.15) is 4.39 Å². The molecule has 0 aliphatic rings. The first-order valence-electron chi connectivity index (χ1n) is 5.02. The zero-order valence-electron chi connectivity index (χ0n) is 9.03. The van der Waals surface area contributed by atoms with Gasteiger partial charge in [-0.05, 0) is 37.4 Å². The van der Waals surface area contributed by atoms with Crippen molar-refractivity contribution in [1.29, 1.82) is 0 Å². The lowest BCUT2D eigenvalue weighted by Gasteiger charge is -2.10. The smallest absolute Gasteiger partial charge is 0.202 e. The van der Waals surface area contributed by atoms with E-state index in [0.29, 0.717) is 18.5 Å². The highest BCUT2D eigenvalue weighted by Crippen LogP contribution is 2.31. The maximum Gasteiger partial charge on any atom is 0.202 e. The molecule has 0 spiro atoms. The van der Waals surface area contributed by atoms with Gasteiger partial charge < -0.3 is 10.5 Å². The molecule has 0 aromatic heterocycles. The molecule has 0 saturated carbocycles. The van der Waals surface area contributed by atoms with Gasteiger partial charge in [0.15, 0.2) is 11.6 Å². The molecule has 0 aliphatic heterocycles. The van der Waals surface area contributed by atoms with Crippen molar-refractivity contribution in [2.24, 2.45) is 5.73 Å². The number of unbranched alkanes of at least 4 members (excludes halogenated alkanes) is 1. The van der Waals surface area contributed by atoms with Crippen LogP contribution in [0.5, 0.6) is 5.75 Å². The van der Waals surface area contributed by atoms with Crippen LogP contribution in [-0.4, -0.2) is 13.7 Å². The molecule has 0 fully saturated rings. The molecule has 0 heterocycles. The van der Waals surface area contributed by atoms with E-state index in [1.165, 1.54) is 13.2 Å². The number of hydrogen-bond acceptors (Lipinski definition) is 2. The Morgan fingerprint density at radius 3 is 2.56 bits per heavy atom. The molecule has 0 radical (unpaired) electrons. The van der Waals surface area contributed by atoms with Gasteiger partial charge in [-0.25, -0.2) is 4.39 Å². The number of benzene rings is 1. The summed E-state index contributed by atoms with van der Waals surface area (Å²) in [7, 11) is 1.30. The summed E-state index contributed by atoms with van der Waals surface area (Å²) in [6.45, 7) is 0.569. The van der Waals surface area contributed by atoms with E-state index in [0.717, 1.165) is 12.8 Å². The molecule has 1 aromatic rings. The van der Waals surface area contributed by atoms with Gasteiger partial charge >= 0.3 is 0 Å². The summed E-state index contributed by atoms with van der Waals surface area (Å²) in [4.78, 5) is 0. The molecule has 90 valence electrons. The Hall–Kier alpha value is -0.870. The Labute approximate surface area is 98.3 Å². The maximum absolute atomic E-state index is 13.4. The van der Waals surface area contributed by atoms with Crippen LogP contribution in [0.2, 0.25) is 5.02 Å². The summed E-state index contributed by atoms with van der Waals surface area (Å²) in [6, 6.07) is 1.40. The average Bonchev–Trinajstić information content (AvgIpc) is 2.27. The molecule has 16 heavy (non-hydrogen) atoms. The third-order valence-electron chi connectivity index (χ3n) is 2.30. The zero-order chi connectivity index (χ0) is 12.1. The van der Waals surface area contributed by atoms with Gasteiger partial charge in [0, 0.05) is 0 Å². The molecule has 0 saturated heterocycles. The molecule has 2 N–H and O–H groups in total. The Bertz CT molecular complexity index is 371. The Balaban J connectivity index is 2.98. The molecule has 0 unspecified atom stereocenters. The van der Waals surface area contributed by atoms with E-state index in [1.54, 1.807) is 0 Å². The van der Waals surface area contributed by atoms with Gasteiger partial charge in [-0.3, -0.25) is 0 Å². The van der Waals surface area contributed by atoms with Crippen molar-refractivity contribution in [2.45, 2.75) is 19.3 Å². The summed E-state index contributed by atoms with van der Waals surface area (Å²) >= 11 is 5.57. The number of halogens is 3. The monoisotopic (exact) mass is 249 g/mol. The summed E-state index contributed by atoms with van der Waals surface area (Å²) in [5.41, 5.74) is 5.93. The normalized spacial score (nSPS) is 10.6. The van der Waals surface area contributed by atoms with Crippen LogP contribution in [0.25, 0.3) is 0 Å². The fraction of sp³-hybridized carbons (Fsp3) is 0.455. The highest BCUT2D eigenvalue weighted by Gasteiger charge is 2.17. The molecular weight excluding hydrogens is 236 g/mol. The van der Waals surface area contributed by atoms with E-state index in [-0.39, 0.29) is 10.8 Å². The van der Waals surface area contributed by atoms with Gasteiger partial charge in [0.25, 0.3) is 0 Å². The molecule has 1 aromatic carbocycles. The quantitative estimate of drug-likeness (QED) is 0.643. The molecule has 5 heteroatoms. The molecule has 2 nitrogen and oxygen atoms in total. The van der Waals surface area contributed by atoms with Crippen molar-refractivity contribution in [3.8, 4) is 5.75 Å². The van der Waals surface area contributed by atoms with Gasteiger partial charge in [0.05, 0.1) is 12.1 Å². The first kappa shape index (κ1) is 13.2. The van der Waals surface area contributed by atoms with E-state index in [9.17, 15) is 8.78 Å². The molecule has 1 rings (SSSR count). The third-order valence-corrected chi connectivity index (χ3v) is 2.57. The summed E-state index contributed by atoms with van der Waals surface area (Å²) in [5.74, 6) is -2.17. The van der Waals surface area contributed by atoms with Crippen molar-refractivity contribution < 1.29 is 13.5 Å². The Morgan fingerprint density at radius 2 is 2.00 bits per heavy atom. The minimum absolute atomic E-state index is 0.0704. The van der Waals surface area contributed by atoms with Crippen molar-refractivity contribution in [1.82, 2.24) is 0 Å². The van der Waals surface area contributed by atoms with Crippen molar-refractivity contribution in [3.63, 3.8) is 0 Å². The first-order valence-corrected chi connectivity index (χ1v) is 5.40. The number of nitrogens with two attached hydrogens (primary N) is 1. The third kappa shape index (κ3) is 2.83. The fourth-order valence-corrected chi connectivity index (χ4v) is 1.71. The predicted octanol–water partition coefficient (Wildman–Crippen LogP) is 2.91. The van der Waals surface area contributed by atoms with Gasteiger partial charge in [0.2, 0.25) is 5.82 Å². The van der Waals surface area contributed by atoms with Crippen LogP contribution < -0.4 is 10.5 Å². The molecular formula is C11H14ClF2NO. The van der Waals surface area contributed by atoms with Crippen LogP contribution in [0.15, 0.2) is 6.07 Å². The summed E-state index contributed by atoms with van der Waals surface area (Å²) in [5, 5.41) is -0.221. The largest absolute Gasteiger partial charge is 0.493 e. The summed E-state index contributed by atoms with van der Waals surface area (Å²) < 4.78 is 31.4. The van der Waals surface area contributed by atoms with Crippen LogP contribution in [0, 0.1) is 11.6 Å². The lowest BCUT2D eigenvalue weighted by atomic mass is 10.1. The van der Waals surface area contributed by atoms with Gasteiger partial charge in [-0.1, -0.05) is 11.6 Å². The highest BCUT2D eigenvalue weighted by molar-refractivity contribution is 6.30. The molecule has 0 bridgehead atoms. The van der Waals surface area contributed by atoms with E-state index in [2.05, 4.69) is 0 Å². The number of rotatable bonds is 5. The van der Waals surface area contributed by atoms with Crippen LogP contribution >= 0.6 is 11.6 Å². The number of methoxy groups -OCH3 is 1. The lowest BCUT2D eigenvalue weighted by molar-refractivity contribution is 0.366. The standard InChI is InChI=1S/C11H14ClF2NO/c1-16-11-7(4-2-3-5-15)6-8(12)9(13)10(11)14/h6H,2-5,15H2,1H3. The van der Waals surface area contributed by atoms with Crippen LogP contribution in [0.3, 0.4) is 0 Å². The maximum atomic E-state index is 13.4. The van der Waals surface area contributed by atoms with Crippen molar-refractivity contribution >= 4 is 11.6 Å². The van der Waals surface area contributed by atoms with Crippen LogP contribution in [0.1, 0.15) is 18.4 Å². The second-order valence-electron chi connectivity index (χ2n) is 3.42. The van der Waals surface area contributed by atoms with Crippen molar-refractivity contribution in [3.05, 3.63) is 28.3 Å². The highest BCUT2D eigenvalue weighted by atomic mass is 35.5. The minimum Gasteiger partial charge on any atom is -0.493 e. The van der Waals surface area contributed by atoms with Crippen LogP contribution in [0.4, 0.5) is 8.78 Å². The first-order chi connectivity index (χ1) is 7.61. The van der Waals surface area contributed by atoms with E-state index in [1.807, 2.05) is 0 Å². The molecule has 0 amide bonds. The van der Waals surface area contributed by atoms with E-state index in [4.69, 9.17) is 22.1 Å². The SMILES string of the molecule is COc1c(CCCCN)cc(Cl)c(F)c1F. The topological polar surface area (TPSA) is 35.2 Å². The number of hydrogen-bond donors (Lipinski definition) is 1. The van der Waals surface area contributed by atoms with Gasteiger partial charge in [0.1, 0.15) is 0 Å². The predicted molar refractivity (Wildman–Crippen MR) is 59.9 cm³/mol. The number of ether oxygens (including phenoxy) is 1. The van der Waals surface area contributed by atoms with E-state index >= 15 is 0 Å². The molecule has 0 atom stereocenters. The average molecular weight is 250 g/mol. The van der Waals surface area contributed by atoms with Crippen molar-refractivity contribution in [2.75, 3.05) is 13.7 Å². The second-order valence-corrected chi connectivity index (χ2v) is 3.83. The van der Waals surface area contributed by atoms with Crippen LogP contribution in [-0.2, 0) is 6.42 Å².